The second-order valence-electron chi connectivity index (χ2n) is 5.15. The minimum Gasteiger partial charge on any atom is -0.362 e. The fraction of sp³-hybridized carbons (Fsp3) is 0.250. The second kappa shape index (κ2) is 6.12. The summed E-state index contributed by atoms with van der Waals surface area (Å²) in [6.07, 6.45) is 3.69. The van der Waals surface area contributed by atoms with Crippen molar-refractivity contribution in [3.63, 3.8) is 0 Å². The van der Waals surface area contributed by atoms with E-state index in [1.807, 2.05) is 18.5 Å². The summed E-state index contributed by atoms with van der Waals surface area (Å²) in [5.41, 5.74) is 3.00. The Morgan fingerprint density at radius 3 is 2.86 bits per heavy atom. The average Bonchev–Trinajstić information content (AvgIpc) is 2.96. The normalized spacial score (nSPS) is 11.2. The summed E-state index contributed by atoms with van der Waals surface area (Å²) in [6, 6.07) is 8.72. The number of rotatable bonds is 4. The quantitative estimate of drug-likeness (QED) is 0.663. The van der Waals surface area contributed by atoms with Crippen LogP contribution in [0.5, 0.6) is 0 Å². The fourth-order valence-electron chi connectivity index (χ4n) is 2.34. The molecule has 3 aromatic rings. The lowest BCUT2D eigenvalue weighted by atomic mass is 10.2. The highest BCUT2D eigenvalue weighted by atomic mass is 79.9. The number of hydrogen-bond acceptors (Lipinski definition) is 4. The third-order valence-electron chi connectivity index (χ3n) is 3.36. The molecule has 0 bridgehead atoms. The summed E-state index contributed by atoms with van der Waals surface area (Å²) >= 11 is 5.24. The molecule has 0 atom stereocenters. The number of aromatic nitrogens is 2. The lowest BCUT2D eigenvalue weighted by Gasteiger charge is -2.29. The largest absolute Gasteiger partial charge is 0.362 e. The van der Waals surface area contributed by atoms with Crippen molar-refractivity contribution in [2.45, 2.75) is 26.4 Å². The van der Waals surface area contributed by atoms with Gasteiger partial charge in [0.15, 0.2) is 0 Å². The van der Waals surface area contributed by atoms with E-state index < -0.39 is 0 Å². The van der Waals surface area contributed by atoms with Gasteiger partial charge in [0.25, 0.3) is 0 Å². The Balaban J connectivity index is 2.07. The van der Waals surface area contributed by atoms with E-state index in [0.29, 0.717) is 6.04 Å². The first kappa shape index (κ1) is 14.5. The lowest BCUT2D eigenvalue weighted by Crippen LogP contribution is -2.30. The van der Waals surface area contributed by atoms with Gasteiger partial charge in [0.1, 0.15) is 5.52 Å². The van der Waals surface area contributed by atoms with Gasteiger partial charge in [-0.05, 0) is 53.4 Å². The Hall–Kier alpha value is -1.46. The Morgan fingerprint density at radius 1 is 1.29 bits per heavy atom. The summed E-state index contributed by atoms with van der Waals surface area (Å²) < 4.78 is 0.953. The van der Waals surface area contributed by atoms with Gasteiger partial charge in [0.05, 0.1) is 17.7 Å². The number of pyridine rings is 2. The third-order valence-corrected chi connectivity index (χ3v) is 4.66. The molecular weight excluding hydrogens is 346 g/mol. The van der Waals surface area contributed by atoms with Crippen molar-refractivity contribution in [2.75, 3.05) is 4.90 Å². The highest BCUT2D eigenvalue weighted by Gasteiger charge is 2.16. The Bertz CT molecular complexity index is 740. The van der Waals surface area contributed by atoms with Crippen LogP contribution < -0.4 is 4.90 Å². The second-order valence-corrected chi connectivity index (χ2v) is 7.10. The molecule has 0 amide bonds. The molecule has 0 aliphatic carbocycles. The van der Waals surface area contributed by atoms with Crippen LogP contribution in [0, 0.1) is 0 Å². The van der Waals surface area contributed by atoms with E-state index in [-0.39, 0.29) is 0 Å². The molecule has 3 aromatic heterocycles. The van der Waals surface area contributed by atoms with E-state index in [0.717, 1.165) is 27.7 Å². The Kier molecular flexibility index (Phi) is 4.22. The number of fused-ring (bicyclic) bond motifs is 1. The van der Waals surface area contributed by atoms with E-state index in [2.05, 4.69) is 68.2 Å². The molecule has 0 unspecified atom stereocenters. The predicted octanol–water partition coefficient (Wildman–Crippen LogP) is 4.87. The van der Waals surface area contributed by atoms with Crippen LogP contribution in [0.25, 0.3) is 11.0 Å². The molecule has 5 heteroatoms. The van der Waals surface area contributed by atoms with Gasteiger partial charge in [-0.2, -0.15) is 0 Å². The van der Waals surface area contributed by atoms with Crippen molar-refractivity contribution < 1.29 is 0 Å². The van der Waals surface area contributed by atoms with E-state index in [4.69, 9.17) is 0 Å². The van der Waals surface area contributed by atoms with Gasteiger partial charge in [-0.3, -0.25) is 9.97 Å². The maximum Gasteiger partial charge on any atom is 0.112 e. The van der Waals surface area contributed by atoms with Crippen LogP contribution in [0.3, 0.4) is 0 Å². The number of anilines is 1. The van der Waals surface area contributed by atoms with Crippen LogP contribution in [0.1, 0.15) is 18.7 Å². The number of thiophene rings is 1. The summed E-state index contributed by atoms with van der Waals surface area (Å²) in [5, 5.41) is 2.12. The van der Waals surface area contributed by atoms with Crippen molar-refractivity contribution in [1.29, 1.82) is 0 Å². The smallest absolute Gasteiger partial charge is 0.112 e. The van der Waals surface area contributed by atoms with Crippen LogP contribution in [-0.2, 0) is 6.54 Å². The number of nitrogens with zero attached hydrogens (tertiary/aromatic N) is 3. The van der Waals surface area contributed by atoms with Crippen molar-refractivity contribution in [3.05, 3.63) is 51.4 Å². The summed E-state index contributed by atoms with van der Waals surface area (Å²) in [6.45, 7) is 5.31. The average molecular weight is 362 g/mol. The van der Waals surface area contributed by atoms with E-state index in [1.165, 1.54) is 4.88 Å². The van der Waals surface area contributed by atoms with Crippen LogP contribution in [0.2, 0.25) is 0 Å². The van der Waals surface area contributed by atoms with Crippen molar-refractivity contribution >= 4 is 44.0 Å². The molecule has 108 valence electrons. The molecule has 0 saturated carbocycles. The minimum atomic E-state index is 0.392. The maximum absolute atomic E-state index is 4.57. The fourth-order valence-corrected chi connectivity index (χ4v) is 3.36. The van der Waals surface area contributed by atoms with Crippen LogP contribution >= 0.6 is 27.3 Å². The number of hydrogen-bond donors (Lipinski definition) is 0. The molecule has 0 spiro atoms. The summed E-state index contributed by atoms with van der Waals surface area (Å²) in [7, 11) is 0. The Morgan fingerprint density at radius 2 is 2.14 bits per heavy atom. The van der Waals surface area contributed by atoms with E-state index >= 15 is 0 Å². The highest BCUT2D eigenvalue weighted by molar-refractivity contribution is 9.10. The predicted molar refractivity (Wildman–Crippen MR) is 92.9 cm³/mol. The van der Waals surface area contributed by atoms with Gasteiger partial charge in [-0.1, -0.05) is 6.07 Å². The maximum atomic E-state index is 4.57. The molecule has 0 aromatic carbocycles. The van der Waals surface area contributed by atoms with Crippen molar-refractivity contribution in [1.82, 2.24) is 9.97 Å². The van der Waals surface area contributed by atoms with Crippen LogP contribution in [0.4, 0.5) is 5.69 Å². The molecule has 0 fully saturated rings. The molecule has 0 aliphatic heterocycles. The highest BCUT2D eigenvalue weighted by Crippen LogP contribution is 2.28. The van der Waals surface area contributed by atoms with Gasteiger partial charge in [-0.25, -0.2) is 0 Å². The zero-order valence-electron chi connectivity index (χ0n) is 12.0. The van der Waals surface area contributed by atoms with Crippen molar-refractivity contribution in [2.24, 2.45) is 0 Å². The van der Waals surface area contributed by atoms with E-state index in [1.54, 1.807) is 11.3 Å². The molecule has 3 nitrogen and oxygen atoms in total. The first-order valence-corrected chi connectivity index (χ1v) is 8.51. The van der Waals surface area contributed by atoms with Crippen LogP contribution in [0.15, 0.2) is 46.5 Å². The first-order chi connectivity index (χ1) is 10.1. The third kappa shape index (κ3) is 3.09. The molecule has 0 aliphatic rings. The zero-order valence-corrected chi connectivity index (χ0v) is 14.4. The van der Waals surface area contributed by atoms with E-state index in [9.17, 15) is 0 Å². The molecule has 0 N–H and O–H groups in total. The molecule has 0 radical (unpaired) electrons. The van der Waals surface area contributed by atoms with Gasteiger partial charge in [-0.15, -0.1) is 11.3 Å². The zero-order chi connectivity index (χ0) is 14.8. The molecular formula is C16H16BrN3S. The van der Waals surface area contributed by atoms with Gasteiger partial charge in [0.2, 0.25) is 0 Å². The molecule has 21 heavy (non-hydrogen) atoms. The topological polar surface area (TPSA) is 29.0 Å². The van der Waals surface area contributed by atoms with Gasteiger partial charge < -0.3 is 4.90 Å². The van der Waals surface area contributed by atoms with Gasteiger partial charge >= 0.3 is 0 Å². The monoisotopic (exact) mass is 361 g/mol. The standard InChI is InChI=1S/C16H16BrN3S/c1-11(2)20(10-13-4-3-7-21-13)15-5-6-18-14-8-12(17)9-19-16(14)15/h3-9,11H,10H2,1-2H3. The number of halogens is 1. The summed E-state index contributed by atoms with van der Waals surface area (Å²) in [5.74, 6) is 0. The Labute approximate surface area is 136 Å². The van der Waals surface area contributed by atoms with Crippen molar-refractivity contribution in [3.8, 4) is 0 Å². The molecule has 3 rings (SSSR count). The minimum absolute atomic E-state index is 0.392. The summed E-state index contributed by atoms with van der Waals surface area (Å²) in [4.78, 5) is 12.7. The molecule has 0 saturated heterocycles. The van der Waals surface area contributed by atoms with Gasteiger partial charge in [0, 0.05) is 27.8 Å². The first-order valence-electron chi connectivity index (χ1n) is 6.84. The molecule has 3 heterocycles. The SMILES string of the molecule is CC(C)N(Cc1cccs1)c1ccnc2cc(Br)cnc12. The lowest BCUT2D eigenvalue weighted by molar-refractivity contribution is 0.689. The van der Waals surface area contributed by atoms with Crippen LogP contribution in [-0.4, -0.2) is 16.0 Å².